The maximum atomic E-state index is 14.6. The van der Waals surface area contributed by atoms with Gasteiger partial charge >= 0.3 is 6.09 Å². The third-order valence-corrected chi connectivity index (χ3v) is 5.67. The molecule has 3 rings (SSSR count). The Bertz CT molecular complexity index is 1050. The number of carbonyl (C=O) groups excluding carboxylic acids is 2. The number of amides is 2. The molecule has 0 radical (unpaired) electrons. The van der Waals surface area contributed by atoms with Crippen LogP contribution in [0, 0.1) is 5.82 Å². The average molecular weight is 498 g/mol. The number of nitrogens with one attached hydrogen (secondary N) is 1. The number of rotatable bonds is 6. The van der Waals surface area contributed by atoms with Crippen LogP contribution < -0.4 is 5.32 Å². The molecule has 196 valence electrons. The van der Waals surface area contributed by atoms with Crippen LogP contribution in [0.15, 0.2) is 55.1 Å². The predicted octanol–water partition coefficient (Wildman–Crippen LogP) is 5.76. The first-order valence-corrected chi connectivity index (χ1v) is 12.6. The quantitative estimate of drug-likeness (QED) is 0.515. The maximum absolute atomic E-state index is 14.6. The largest absolute Gasteiger partial charge is 0.444 e. The lowest BCUT2D eigenvalue weighted by Crippen LogP contribution is -2.54. The summed E-state index contributed by atoms with van der Waals surface area (Å²) >= 11 is 0. The number of halogens is 1. The van der Waals surface area contributed by atoms with Crippen molar-refractivity contribution >= 4 is 12.0 Å². The fourth-order valence-electron chi connectivity index (χ4n) is 4.03. The van der Waals surface area contributed by atoms with Crippen molar-refractivity contribution in [1.82, 2.24) is 15.1 Å². The van der Waals surface area contributed by atoms with Gasteiger partial charge in [0.05, 0.1) is 0 Å². The van der Waals surface area contributed by atoms with Gasteiger partial charge in [0.1, 0.15) is 11.4 Å². The van der Waals surface area contributed by atoms with Gasteiger partial charge in [-0.3, -0.25) is 9.69 Å². The molecule has 7 heteroatoms. The Hall–Kier alpha value is -3.19. The van der Waals surface area contributed by atoms with E-state index in [-0.39, 0.29) is 23.9 Å². The van der Waals surface area contributed by atoms with Crippen molar-refractivity contribution in [1.29, 1.82) is 0 Å². The van der Waals surface area contributed by atoms with Gasteiger partial charge in [0, 0.05) is 44.3 Å². The minimum Gasteiger partial charge on any atom is -0.444 e. The van der Waals surface area contributed by atoms with Gasteiger partial charge in [-0.1, -0.05) is 44.7 Å². The lowest BCUT2D eigenvalue weighted by Gasteiger charge is -2.40. The van der Waals surface area contributed by atoms with E-state index in [1.54, 1.807) is 17.0 Å². The van der Waals surface area contributed by atoms with E-state index >= 15 is 0 Å². The summed E-state index contributed by atoms with van der Waals surface area (Å²) in [6.45, 7) is 18.2. The van der Waals surface area contributed by atoms with E-state index in [1.165, 1.54) is 12.1 Å². The van der Waals surface area contributed by atoms with E-state index in [0.29, 0.717) is 25.2 Å². The average Bonchev–Trinajstić information content (AvgIpc) is 2.83. The molecule has 0 saturated carbocycles. The van der Waals surface area contributed by atoms with Crippen LogP contribution in [0.25, 0.3) is 11.1 Å². The van der Waals surface area contributed by atoms with Crippen LogP contribution >= 0.6 is 0 Å². The maximum Gasteiger partial charge on any atom is 0.410 e. The topological polar surface area (TPSA) is 61.9 Å². The summed E-state index contributed by atoms with van der Waals surface area (Å²) in [5.41, 5.74) is 2.64. The third kappa shape index (κ3) is 8.48. The zero-order valence-corrected chi connectivity index (χ0v) is 22.4. The zero-order valence-electron chi connectivity index (χ0n) is 22.4. The Morgan fingerprint density at radius 2 is 1.86 bits per heavy atom. The number of hydrogen-bond donors (Lipinski definition) is 1. The molecular weight excluding hydrogens is 457 g/mol. The number of benzene rings is 2. The molecule has 0 spiro atoms. The highest BCUT2D eigenvalue weighted by molar-refractivity contribution is 5.86. The van der Waals surface area contributed by atoms with Crippen LogP contribution in [-0.2, 0) is 22.6 Å². The highest BCUT2D eigenvalue weighted by Gasteiger charge is 2.30. The number of ether oxygens (including phenoxy) is 1. The van der Waals surface area contributed by atoms with Gasteiger partial charge in [0.15, 0.2) is 0 Å². The van der Waals surface area contributed by atoms with E-state index in [1.807, 2.05) is 65.8 Å². The molecule has 1 saturated heterocycles. The lowest BCUT2D eigenvalue weighted by molar-refractivity contribution is -0.116. The number of nitrogens with zero attached hydrogens (tertiary/aromatic N) is 2. The number of carbonyl (C=O) groups is 2. The molecule has 1 unspecified atom stereocenters. The second kappa shape index (κ2) is 13.2. The lowest BCUT2D eigenvalue weighted by atomic mass is 10.00. The highest BCUT2D eigenvalue weighted by Crippen LogP contribution is 2.26. The fourth-order valence-corrected chi connectivity index (χ4v) is 4.03. The predicted molar refractivity (Wildman–Crippen MR) is 143 cm³/mol. The summed E-state index contributed by atoms with van der Waals surface area (Å²) < 4.78 is 20.2. The molecule has 2 amide bonds. The first-order valence-electron chi connectivity index (χ1n) is 12.6. The van der Waals surface area contributed by atoms with Crippen molar-refractivity contribution < 1.29 is 18.7 Å². The molecule has 6 nitrogen and oxygen atoms in total. The molecular formula is C29H40FN3O3. The van der Waals surface area contributed by atoms with E-state index in [4.69, 9.17) is 4.74 Å². The van der Waals surface area contributed by atoms with Gasteiger partial charge in [-0.2, -0.15) is 0 Å². The van der Waals surface area contributed by atoms with Crippen LogP contribution in [0.3, 0.4) is 0 Å². The monoisotopic (exact) mass is 497 g/mol. The zero-order chi connectivity index (χ0) is 26.9. The van der Waals surface area contributed by atoms with Crippen molar-refractivity contribution in [3.63, 3.8) is 0 Å². The van der Waals surface area contributed by atoms with Crippen molar-refractivity contribution in [2.24, 2.45) is 0 Å². The molecule has 1 aliphatic heterocycles. The molecule has 1 aliphatic rings. The van der Waals surface area contributed by atoms with E-state index < -0.39 is 5.60 Å². The fraction of sp³-hybridized carbons (Fsp3) is 0.448. The molecule has 1 N–H and O–H groups in total. The summed E-state index contributed by atoms with van der Waals surface area (Å²) in [7, 11) is 0. The van der Waals surface area contributed by atoms with Gasteiger partial charge in [-0.25, -0.2) is 9.18 Å². The van der Waals surface area contributed by atoms with Gasteiger partial charge < -0.3 is 15.0 Å². The van der Waals surface area contributed by atoms with Crippen molar-refractivity contribution in [2.75, 3.05) is 19.6 Å². The third-order valence-electron chi connectivity index (χ3n) is 5.67. The van der Waals surface area contributed by atoms with Crippen molar-refractivity contribution in [2.45, 2.75) is 66.3 Å². The summed E-state index contributed by atoms with van der Waals surface area (Å²) in [6, 6.07) is 12.7. The summed E-state index contributed by atoms with van der Waals surface area (Å²) in [5, 5.41) is 2.72. The molecule has 0 bridgehead atoms. The molecule has 2 aromatic rings. The van der Waals surface area contributed by atoms with Crippen LogP contribution in [-0.4, -0.2) is 53.1 Å². The van der Waals surface area contributed by atoms with Crippen LogP contribution in [0.5, 0.6) is 0 Å². The Balaban J connectivity index is 0.00000222. The smallest absolute Gasteiger partial charge is 0.410 e. The van der Waals surface area contributed by atoms with Crippen LogP contribution in [0.4, 0.5) is 9.18 Å². The van der Waals surface area contributed by atoms with E-state index in [2.05, 4.69) is 16.8 Å². The molecule has 36 heavy (non-hydrogen) atoms. The summed E-state index contributed by atoms with van der Waals surface area (Å²) in [6.07, 6.45) is 0.934. The van der Waals surface area contributed by atoms with Crippen molar-refractivity contribution in [3.05, 3.63) is 72.1 Å². The number of piperazine rings is 1. The van der Waals surface area contributed by atoms with Gasteiger partial charge in [-0.15, -0.1) is 0 Å². The Labute approximate surface area is 215 Å². The minimum absolute atomic E-state index is 0.0340. The van der Waals surface area contributed by atoms with Gasteiger partial charge in [-0.05, 0) is 68.7 Å². The first-order chi connectivity index (χ1) is 17.1. The minimum atomic E-state index is -0.516. The Morgan fingerprint density at radius 1 is 1.14 bits per heavy atom. The molecule has 1 heterocycles. The Kier molecular flexibility index (Phi) is 10.7. The van der Waals surface area contributed by atoms with E-state index in [0.717, 1.165) is 29.8 Å². The second-order valence-corrected chi connectivity index (χ2v) is 9.69. The molecule has 1 atom stereocenters. The highest BCUT2D eigenvalue weighted by atomic mass is 19.1. The summed E-state index contributed by atoms with van der Waals surface area (Å²) in [4.78, 5) is 28.0. The SMILES string of the molecule is C=CC(=O)NCc1ccc(F)c(-c2cccc(CN3CCN(C(=O)OC(C)(C)C)C(C)C3)c2)c1.CC. The van der Waals surface area contributed by atoms with Crippen molar-refractivity contribution in [3.8, 4) is 11.1 Å². The Morgan fingerprint density at radius 3 is 2.50 bits per heavy atom. The summed E-state index contributed by atoms with van der Waals surface area (Å²) in [5.74, 6) is -0.579. The van der Waals surface area contributed by atoms with Gasteiger partial charge in [0.25, 0.3) is 0 Å². The molecule has 0 aliphatic carbocycles. The van der Waals surface area contributed by atoms with Gasteiger partial charge in [0.2, 0.25) is 5.91 Å². The standard InChI is InChI=1S/C27H34FN3O3.C2H6/c1-6-25(32)29-16-20-10-11-24(28)23(15-20)22-9-7-8-21(14-22)18-30-12-13-31(19(2)17-30)26(33)34-27(3,4)5;1-2/h6-11,14-15,19H,1,12-13,16-18H2,2-5H3,(H,29,32);1-2H3. The normalized spacial score (nSPS) is 16.0. The second-order valence-electron chi connectivity index (χ2n) is 9.69. The number of hydrogen-bond acceptors (Lipinski definition) is 4. The van der Waals surface area contributed by atoms with Crippen LogP contribution in [0.1, 0.15) is 52.7 Å². The van der Waals surface area contributed by atoms with E-state index in [9.17, 15) is 14.0 Å². The molecule has 2 aromatic carbocycles. The first kappa shape index (κ1) is 29.0. The molecule has 0 aromatic heterocycles. The van der Waals surface area contributed by atoms with Crippen LogP contribution in [0.2, 0.25) is 0 Å². The molecule has 1 fully saturated rings.